The van der Waals surface area contributed by atoms with E-state index in [1.54, 1.807) is 12.1 Å². The van der Waals surface area contributed by atoms with Gasteiger partial charge in [0.2, 0.25) is 0 Å². The van der Waals surface area contributed by atoms with Gasteiger partial charge in [-0.15, -0.1) is 0 Å². The second-order valence-corrected chi connectivity index (χ2v) is 6.29. The van der Waals surface area contributed by atoms with Crippen LogP contribution in [0.2, 0.25) is 0 Å². The molecule has 112 valence electrons. The van der Waals surface area contributed by atoms with Gasteiger partial charge in [-0.3, -0.25) is 4.72 Å². The fourth-order valence-corrected chi connectivity index (χ4v) is 2.95. The molecule has 6 nitrogen and oxygen atoms in total. The first-order valence-electron chi connectivity index (χ1n) is 6.46. The molecule has 1 aromatic carbocycles. The van der Waals surface area contributed by atoms with Crippen LogP contribution in [0.5, 0.6) is 0 Å². The van der Waals surface area contributed by atoms with Crippen molar-refractivity contribution in [3.8, 4) is 0 Å². The Hall–Kier alpha value is -2.28. The molecular weight excluding hydrogens is 292 g/mol. The summed E-state index contributed by atoms with van der Waals surface area (Å²) in [4.78, 5) is 13.0. The molecule has 0 spiro atoms. The number of H-pyrrole nitrogens is 1. The summed E-state index contributed by atoms with van der Waals surface area (Å²) in [6.07, 6.45) is 3.11. The third kappa shape index (κ3) is 3.63. The standard InChI is InChI=1S/C14H16N2O4S/c1-2-3-10-4-6-11(7-5-10)16-21(19,20)12-8-13(14(17)18)15-9-12/h4-9,15-16H,2-3H2,1H3,(H,17,18). The van der Waals surface area contributed by atoms with Crippen molar-refractivity contribution in [3.63, 3.8) is 0 Å². The second-order valence-electron chi connectivity index (χ2n) is 4.61. The number of benzene rings is 1. The Kier molecular flexibility index (Phi) is 4.32. The van der Waals surface area contributed by atoms with E-state index in [2.05, 4.69) is 16.6 Å². The van der Waals surface area contributed by atoms with Gasteiger partial charge in [0, 0.05) is 11.9 Å². The van der Waals surface area contributed by atoms with Crippen LogP contribution in [0.1, 0.15) is 29.4 Å². The van der Waals surface area contributed by atoms with E-state index in [1.165, 1.54) is 0 Å². The quantitative estimate of drug-likeness (QED) is 0.763. The van der Waals surface area contributed by atoms with Gasteiger partial charge >= 0.3 is 5.97 Å². The van der Waals surface area contributed by atoms with Gasteiger partial charge < -0.3 is 10.1 Å². The lowest BCUT2D eigenvalue weighted by molar-refractivity contribution is 0.0691. The smallest absolute Gasteiger partial charge is 0.352 e. The summed E-state index contributed by atoms with van der Waals surface area (Å²) in [5, 5.41) is 8.79. The lowest BCUT2D eigenvalue weighted by atomic mass is 10.1. The van der Waals surface area contributed by atoms with E-state index in [0.29, 0.717) is 5.69 Å². The average molecular weight is 308 g/mol. The van der Waals surface area contributed by atoms with Crippen molar-refractivity contribution in [1.29, 1.82) is 0 Å². The molecule has 1 aromatic heterocycles. The molecule has 3 N–H and O–H groups in total. The van der Waals surface area contributed by atoms with Crippen molar-refractivity contribution >= 4 is 21.7 Å². The highest BCUT2D eigenvalue weighted by Gasteiger charge is 2.18. The third-order valence-corrected chi connectivity index (χ3v) is 4.30. The van der Waals surface area contributed by atoms with Crippen LogP contribution in [-0.2, 0) is 16.4 Å². The highest BCUT2D eigenvalue weighted by Crippen LogP contribution is 2.18. The van der Waals surface area contributed by atoms with Gasteiger partial charge in [0.1, 0.15) is 10.6 Å². The summed E-state index contributed by atoms with van der Waals surface area (Å²) >= 11 is 0. The van der Waals surface area contributed by atoms with Crippen LogP contribution in [0.4, 0.5) is 5.69 Å². The maximum atomic E-state index is 12.1. The number of rotatable bonds is 6. The highest BCUT2D eigenvalue weighted by molar-refractivity contribution is 7.92. The van der Waals surface area contributed by atoms with Gasteiger partial charge in [0.05, 0.1) is 0 Å². The number of carboxylic acids is 1. The van der Waals surface area contributed by atoms with Crippen LogP contribution < -0.4 is 4.72 Å². The Bertz CT molecular complexity index is 733. The molecule has 0 saturated heterocycles. The summed E-state index contributed by atoms with van der Waals surface area (Å²) < 4.78 is 26.7. The number of hydrogen-bond donors (Lipinski definition) is 3. The SMILES string of the molecule is CCCc1ccc(NS(=O)(=O)c2c[nH]c(C(=O)O)c2)cc1. The largest absolute Gasteiger partial charge is 0.477 e. The first kappa shape index (κ1) is 15.1. The number of aromatic carboxylic acids is 1. The van der Waals surface area contributed by atoms with E-state index in [1.807, 2.05) is 12.1 Å². The molecule has 0 amide bonds. The van der Waals surface area contributed by atoms with Gasteiger partial charge in [0.15, 0.2) is 0 Å². The Balaban J connectivity index is 2.18. The van der Waals surface area contributed by atoms with Gasteiger partial charge in [-0.25, -0.2) is 13.2 Å². The molecule has 0 atom stereocenters. The van der Waals surface area contributed by atoms with Crippen molar-refractivity contribution < 1.29 is 18.3 Å². The summed E-state index contributed by atoms with van der Waals surface area (Å²) in [5.74, 6) is -1.21. The molecule has 1 heterocycles. The summed E-state index contributed by atoms with van der Waals surface area (Å²) in [6, 6.07) is 8.18. The number of carboxylic acid groups (broad SMARTS) is 1. The van der Waals surface area contributed by atoms with Crippen LogP contribution in [0.25, 0.3) is 0 Å². The normalized spacial score (nSPS) is 11.3. The van der Waals surface area contributed by atoms with Gasteiger partial charge in [0.25, 0.3) is 10.0 Å². The van der Waals surface area contributed by atoms with E-state index in [-0.39, 0.29) is 10.6 Å². The molecule has 0 saturated carbocycles. The molecule has 0 aliphatic heterocycles. The Labute approximate surface area is 122 Å². The molecule has 0 bridgehead atoms. The Morgan fingerprint density at radius 3 is 2.48 bits per heavy atom. The van der Waals surface area contributed by atoms with Crippen LogP contribution in [0.3, 0.4) is 0 Å². The lowest BCUT2D eigenvalue weighted by Gasteiger charge is -2.07. The molecule has 2 rings (SSSR count). The van der Waals surface area contributed by atoms with Crippen LogP contribution in [-0.4, -0.2) is 24.5 Å². The predicted octanol–water partition coefficient (Wildman–Crippen LogP) is 2.47. The van der Waals surface area contributed by atoms with E-state index in [0.717, 1.165) is 30.7 Å². The topological polar surface area (TPSA) is 99.3 Å². The monoisotopic (exact) mass is 308 g/mol. The van der Waals surface area contributed by atoms with Gasteiger partial charge in [-0.1, -0.05) is 25.5 Å². The molecule has 0 aliphatic carbocycles. The van der Waals surface area contributed by atoms with Crippen molar-refractivity contribution in [2.45, 2.75) is 24.7 Å². The van der Waals surface area contributed by atoms with Crippen molar-refractivity contribution in [2.24, 2.45) is 0 Å². The van der Waals surface area contributed by atoms with Crippen molar-refractivity contribution in [1.82, 2.24) is 4.98 Å². The van der Waals surface area contributed by atoms with E-state index < -0.39 is 16.0 Å². The molecule has 2 aromatic rings. The minimum Gasteiger partial charge on any atom is -0.477 e. The zero-order valence-corrected chi connectivity index (χ0v) is 12.3. The number of hydrogen-bond acceptors (Lipinski definition) is 3. The summed E-state index contributed by atoms with van der Waals surface area (Å²) in [7, 11) is -3.80. The molecule has 0 fully saturated rings. The molecule has 0 unspecified atom stereocenters. The lowest BCUT2D eigenvalue weighted by Crippen LogP contribution is -2.12. The number of sulfonamides is 1. The van der Waals surface area contributed by atoms with Crippen molar-refractivity contribution in [3.05, 3.63) is 47.8 Å². The number of nitrogens with one attached hydrogen (secondary N) is 2. The molecule has 7 heteroatoms. The van der Waals surface area contributed by atoms with E-state index >= 15 is 0 Å². The number of carbonyl (C=O) groups is 1. The number of aryl methyl sites for hydroxylation is 1. The van der Waals surface area contributed by atoms with Crippen LogP contribution in [0.15, 0.2) is 41.4 Å². The molecular formula is C14H16N2O4S. The van der Waals surface area contributed by atoms with Crippen LogP contribution >= 0.6 is 0 Å². The van der Waals surface area contributed by atoms with Gasteiger partial charge in [-0.2, -0.15) is 0 Å². The highest BCUT2D eigenvalue weighted by atomic mass is 32.2. The van der Waals surface area contributed by atoms with E-state index in [9.17, 15) is 13.2 Å². The maximum absolute atomic E-state index is 12.1. The molecule has 0 aliphatic rings. The first-order chi connectivity index (χ1) is 9.92. The Morgan fingerprint density at radius 2 is 1.95 bits per heavy atom. The van der Waals surface area contributed by atoms with E-state index in [4.69, 9.17) is 5.11 Å². The summed E-state index contributed by atoms with van der Waals surface area (Å²) in [6.45, 7) is 2.07. The number of aromatic nitrogens is 1. The zero-order chi connectivity index (χ0) is 15.5. The molecule has 21 heavy (non-hydrogen) atoms. The minimum absolute atomic E-state index is 0.113. The zero-order valence-electron chi connectivity index (χ0n) is 11.5. The molecule has 0 radical (unpaired) electrons. The minimum atomic E-state index is -3.80. The van der Waals surface area contributed by atoms with Gasteiger partial charge in [-0.05, 0) is 30.2 Å². The summed E-state index contributed by atoms with van der Waals surface area (Å²) in [5.41, 5.74) is 1.40. The predicted molar refractivity (Wildman–Crippen MR) is 79.0 cm³/mol. The third-order valence-electron chi connectivity index (χ3n) is 2.94. The average Bonchev–Trinajstić information content (AvgIpc) is 2.92. The fourth-order valence-electron chi connectivity index (χ4n) is 1.90. The second kappa shape index (κ2) is 6.01. The Morgan fingerprint density at radius 1 is 1.29 bits per heavy atom. The first-order valence-corrected chi connectivity index (χ1v) is 7.94. The maximum Gasteiger partial charge on any atom is 0.352 e. The van der Waals surface area contributed by atoms with Crippen molar-refractivity contribution in [2.75, 3.05) is 4.72 Å². The fraction of sp³-hybridized carbons (Fsp3) is 0.214. The van der Waals surface area contributed by atoms with Crippen LogP contribution in [0, 0.1) is 0 Å². The number of aromatic amines is 1. The number of anilines is 1.